The van der Waals surface area contributed by atoms with Crippen LogP contribution in [0.25, 0.3) is 0 Å². The summed E-state index contributed by atoms with van der Waals surface area (Å²) in [7, 11) is 3.03. The molecule has 0 bridgehead atoms. The van der Waals surface area contributed by atoms with Crippen molar-refractivity contribution >= 4 is 11.6 Å². The van der Waals surface area contributed by atoms with Crippen molar-refractivity contribution in [3.63, 3.8) is 0 Å². The van der Waals surface area contributed by atoms with Crippen LogP contribution in [0.4, 0.5) is 5.69 Å². The number of amides is 1. The number of nitrogens with one attached hydrogen (secondary N) is 1. The predicted octanol–water partition coefficient (Wildman–Crippen LogP) is 2.25. The fraction of sp³-hybridized carbons (Fsp3) is 0.529. The van der Waals surface area contributed by atoms with E-state index >= 15 is 0 Å². The van der Waals surface area contributed by atoms with Gasteiger partial charge in [0.05, 0.1) is 32.0 Å². The molecule has 23 heavy (non-hydrogen) atoms. The summed E-state index contributed by atoms with van der Waals surface area (Å²) in [6.07, 6.45) is 2.24. The van der Waals surface area contributed by atoms with Crippen molar-refractivity contribution in [2.24, 2.45) is 5.92 Å². The van der Waals surface area contributed by atoms with Gasteiger partial charge in [-0.05, 0) is 31.8 Å². The molecular formula is C17H23N3O3. The van der Waals surface area contributed by atoms with Gasteiger partial charge in [-0.3, -0.25) is 9.69 Å². The molecule has 0 spiro atoms. The Labute approximate surface area is 137 Å². The molecule has 1 aliphatic rings. The molecule has 6 nitrogen and oxygen atoms in total. The van der Waals surface area contributed by atoms with E-state index in [0.29, 0.717) is 29.3 Å². The number of carbonyl (C=O) groups is 1. The lowest BCUT2D eigenvalue weighted by Gasteiger charge is -2.29. The minimum Gasteiger partial charge on any atom is -0.493 e. The number of ether oxygens (including phenoxy) is 2. The zero-order valence-electron chi connectivity index (χ0n) is 13.9. The van der Waals surface area contributed by atoms with E-state index in [0.717, 1.165) is 31.8 Å². The fourth-order valence-electron chi connectivity index (χ4n) is 2.69. The summed E-state index contributed by atoms with van der Waals surface area (Å²) in [5.74, 6) is 1.55. The van der Waals surface area contributed by atoms with Crippen molar-refractivity contribution in [3.8, 4) is 17.6 Å². The summed E-state index contributed by atoms with van der Waals surface area (Å²) in [4.78, 5) is 14.4. The van der Waals surface area contributed by atoms with Crippen molar-refractivity contribution in [1.82, 2.24) is 4.90 Å². The quantitative estimate of drug-likeness (QED) is 0.901. The zero-order chi connectivity index (χ0) is 16.8. The largest absolute Gasteiger partial charge is 0.493 e. The third kappa shape index (κ3) is 4.36. The second kappa shape index (κ2) is 7.84. The van der Waals surface area contributed by atoms with Crippen LogP contribution in [0, 0.1) is 17.2 Å². The molecule has 1 N–H and O–H groups in total. The van der Waals surface area contributed by atoms with E-state index < -0.39 is 0 Å². The number of benzene rings is 1. The SMILES string of the molecule is COc1cc(C#N)c(NC(=O)CN2CCC(C)CC2)cc1OC. The van der Waals surface area contributed by atoms with Crippen molar-refractivity contribution in [1.29, 1.82) is 5.26 Å². The Kier molecular flexibility index (Phi) is 5.83. The Balaban J connectivity index is 2.06. The van der Waals surface area contributed by atoms with Gasteiger partial charge in [-0.25, -0.2) is 0 Å². The van der Waals surface area contributed by atoms with Crippen molar-refractivity contribution < 1.29 is 14.3 Å². The van der Waals surface area contributed by atoms with Crippen LogP contribution in [-0.4, -0.2) is 44.7 Å². The Bertz CT molecular complexity index is 602. The van der Waals surface area contributed by atoms with Crippen LogP contribution >= 0.6 is 0 Å². The normalized spacial score (nSPS) is 15.7. The standard InChI is InChI=1S/C17H23N3O3/c1-12-4-6-20(7-5-12)11-17(21)19-14-9-16(23-3)15(22-2)8-13(14)10-18/h8-9,12H,4-7,11H2,1-3H3,(H,19,21). The molecule has 0 atom stereocenters. The van der Waals surface area contributed by atoms with Gasteiger partial charge in [0, 0.05) is 12.1 Å². The van der Waals surface area contributed by atoms with Crippen LogP contribution in [0.5, 0.6) is 11.5 Å². The molecule has 1 heterocycles. The van der Waals surface area contributed by atoms with E-state index in [1.807, 2.05) is 0 Å². The lowest BCUT2D eigenvalue weighted by molar-refractivity contribution is -0.117. The Hall–Kier alpha value is -2.26. The van der Waals surface area contributed by atoms with E-state index in [4.69, 9.17) is 9.47 Å². The topological polar surface area (TPSA) is 74.6 Å². The van der Waals surface area contributed by atoms with Gasteiger partial charge >= 0.3 is 0 Å². The minimum atomic E-state index is -0.122. The first kappa shape index (κ1) is 17.1. The van der Waals surface area contributed by atoms with Gasteiger partial charge in [0.2, 0.25) is 5.91 Å². The second-order valence-corrected chi connectivity index (χ2v) is 5.87. The molecule has 0 aliphatic carbocycles. The van der Waals surface area contributed by atoms with Crippen LogP contribution in [-0.2, 0) is 4.79 Å². The molecule has 0 saturated carbocycles. The van der Waals surface area contributed by atoms with Crippen LogP contribution < -0.4 is 14.8 Å². The Morgan fingerprint density at radius 3 is 2.48 bits per heavy atom. The first-order chi connectivity index (χ1) is 11.1. The number of rotatable bonds is 5. The van der Waals surface area contributed by atoms with Gasteiger partial charge in [-0.1, -0.05) is 6.92 Å². The number of anilines is 1. The molecular weight excluding hydrogens is 294 g/mol. The number of likely N-dealkylation sites (tertiary alicyclic amines) is 1. The molecule has 1 fully saturated rings. The van der Waals surface area contributed by atoms with Crippen molar-refractivity contribution in [2.45, 2.75) is 19.8 Å². The Morgan fingerprint density at radius 1 is 1.30 bits per heavy atom. The summed E-state index contributed by atoms with van der Waals surface area (Å²) in [5.41, 5.74) is 0.795. The highest BCUT2D eigenvalue weighted by atomic mass is 16.5. The van der Waals surface area contributed by atoms with Crippen molar-refractivity contribution in [2.75, 3.05) is 39.2 Å². The van der Waals surface area contributed by atoms with Crippen LogP contribution in [0.2, 0.25) is 0 Å². The van der Waals surface area contributed by atoms with Gasteiger partial charge in [0.1, 0.15) is 6.07 Å². The highest BCUT2D eigenvalue weighted by Crippen LogP contribution is 2.33. The van der Waals surface area contributed by atoms with Gasteiger partial charge < -0.3 is 14.8 Å². The third-order valence-corrected chi connectivity index (χ3v) is 4.16. The van der Waals surface area contributed by atoms with E-state index in [1.54, 1.807) is 12.1 Å². The smallest absolute Gasteiger partial charge is 0.238 e. The molecule has 2 rings (SSSR count). The maximum atomic E-state index is 12.3. The molecule has 1 amide bonds. The molecule has 124 valence electrons. The molecule has 6 heteroatoms. The van der Waals surface area contributed by atoms with Gasteiger partial charge in [0.25, 0.3) is 0 Å². The predicted molar refractivity (Wildman–Crippen MR) is 87.7 cm³/mol. The third-order valence-electron chi connectivity index (χ3n) is 4.16. The van der Waals surface area contributed by atoms with Crippen LogP contribution in [0.3, 0.4) is 0 Å². The summed E-state index contributed by atoms with van der Waals surface area (Å²) < 4.78 is 10.4. The monoisotopic (exact) mass is 317 g/mol. The lowest BCUT2D eigenvalue weighted by Crippen LogP contribution is -2.38. The molecule has 0 unspecified atom stereocenters. The molecule has 0 radical (unpaired) electrons. The zero-order valence-corrected chi connectivity index (χ0v) is 13.9. The summed E-state index contributed by atoms with van der Waals surface area (Å²) in [6.45, 7) is 4.45. The number of nitriles is 1. The molecule has 1 aromatic carbocycles. The maximum Gasteiger partial charge on any atom is 0.238 e. The van der Waals surface area contributed by atoms with E-state index in [2.05, 4.69) is 23.2 Å². The number of nitrogens with zero attached hydrogens (tertiary/aromatic N) is 2. The minimum absolute atomic E-state index is 0.122. The fourth-order valence-corrected chi connectivity index (χ4v) is 2.69. The van der Waals surface area contributed by atoms with Crippen LogP contribution in [0.15, 0.2) is 12.1 Å². The number of carbonyl (C=O) groups excluding carboxylic acids is 1. The number of methoxy groups -OCH3 is 2. The van der Waals surface area contributed by atoms with E-state index in [1.165, 1.54) is 14.2 Å². The molecule has 0 aromatic heterocycles. The highest BCUT2D eigenvalue weighted by molar-refractivity contribution is 5.94. The summed E-state index contributed by atoms with van der Waals surface area (Å²) in [5, 5.41) is 12.1. The number of hydrogen-bond donors (Lipinski definition) is 1. The molecule has 1 aliphatic heterocycles. The maximum absolute atomic E-state index is 12.3. The lowest BCUT2D eigenvalue weighted by atomic mass is 9.99. The molecule has 1 aromatic rings. The average Bonchev–Trinajstić information content (AvgIpc) is 2.56. The van der Waals surface area contributed by atoms with E-state index in [9.17, 15) is 10.1 Å². The first-order valence-corrected chi connectivity index (χ1v) is 7.75. The van der Waals surface area contributed by atoms with E-state index in [-0.39, 0.29) is 5.91 Å². The Morgan fingerprint density at radius 2 is 1.91 bits per heavy atom. The summed E-state index contributed by atoms with van der Waals surface area (Å²) in [6, 6.07) is 5.26. The first-order valence-electron chi connectivity index (χ1n) is 7.75. The number of hydrogen-bond acceptors (Lipinski definition) is 5. The van der Waals surface area contributed by atoms with Crippen LogP contribution in [0.1, 0.15) is 25.3 Å². The molecule has 1 saturated heterocycles. The summed E-state index contributed by atoms with van der Waals surface area (Å²) >= 11 is 0. The average molecular weight is 317 g/mol. The second-order valence-electron chi connectivity index (χ2n) is 5.87. The van der Waals surface area contributed by atoms with Gasteiger partial charge in [0.15, 0.2) is 11.5 Å². The number of piperidine rings is 1. The van der Waals surface area contributed by atoms with Crippen molar-refractivity contribution in [3.05, 3.63) is 17.7 Å². The van der Waals surface area contributed by atoms with Gasteiger partial charge in [-0.2, -0.15) is 5.26 Å². The highest BCUT2D eigenvalue weighted by Gasteiger charge is 2.19. The van der Waals surface area contributed by atoms with Gasteiger partial charge in [-0.15, -0.1) is 0 Å².